The average Bonchev–Trinajstić information content (AvgIpc) is 2.38. The Morgan fingerprint density at radius 3 is 2.58 bits per heavy atom. The zero-order valence-corrected chi connectivity index (χ0v) is 11.7. The molecule has 0 spiro atoms. The molecule has 0 bridgehead atoms. The highest BCUT2D eigenvalue weighted by molar-refractivity contribution is 6.49. The Kier molecular flexibility index (Phi) is 4.26. The standard InChI is InChI=1S/C13H6Cl3FN2/c14-9-2-1-8(11(15)12(9)16)13-10(17)5-7(3-4-18)6-19-13/h1-2,5-6H,3H2. The van der Waals surface area contributed by atoms with Crippen molar-refractivity contribution in [3.63, 3.8) is 0 Å². The van der Waals surface area contributed by atoms with Crippen molar-refractivity contribution in [2.45, 2.75) is 6.42 Å². The summed E-state index contributed by atoms with van der Waals surface area (Å²) in [6.45, 7) is 0. The van der Waals surface area contributed by atoms with Crippen molar-refractivity contribution in [3.05, 3.63) is 50.8 Å². The molecule has 0 aliphatic rings. The van der Waals surface area contributed by atoms with E-state index in [0.29, 0.717) is 11.1 Å². The summed E-state index contributed by atoms with van der Waals surface area (Å²) in [4.78, 5) is 3.99. The fourth-order valence-electron chi connectivity index (χ4n) is 1.57. The lowest BCUT2D eigenvalue weighted by Gasteiger charge is -2.08. The molecule has 6 heteroatoms. The van der Waals surface area contributed by atoms with Gasteiger partial charge < -0.3 is 0 Å². The summed E-state index contributed by atoms with van der Waals surface area (Å²) in [6, 6.07) is 6.25. The highest BCUT2D eigenvalue weighted by Crippen LogP contribution is 2.38. The Hall–Kier alpha value is -1.34. The Morgan fingerprint density at radius 1 is 1.21 bits per heavy atom. The summed E-state index contributed by atoms with van der Waals surface area (Å²) < 4.78 is 14.0. The van der Waals surface area contributed by atoms with Gasteiger partial charge in [-0.05, 0) is 23.8 Å². The predicted octanol–water partition coefficient (Wildman–Crippen LogP) is 4.91. The molecular weight excluding hydrogens is 310 g/mol. The van der Waals surface area contributed by atoms with Gasteiger partial charge in [0.2, 0.25) is 0 Å². The van der Waals surface area contributed by atoms with Crippen LogP contribution >= 0.6 is 34.8 Å². The highest BCUT2D eigenvalue weighted by Gasteiger charge is 2.15. The van der Waals surface area contributed by atoms with Crippen LogP contribution in [0.5, 0.6) is 0 Å². The van der Waals surface area contributed by atoms with Crippen molar-refractivity contribution in [1.29, 1.82) is 5.26 Å². The second kappa shape index (κ2) is 5.75. The number of hydrogen-bond donors (Lipinski definition) is 0. The van der Waals surface area contributed by atoms with Gasteiger partial charge in [0.1, 0.15) is 11.5 Å². The first-order chi connectivity index (χ1) is 9.04. The van der Waals surface area contributed by atoms with Crippen LogP contribution in [0.25, 0.3) is 11.3 Å². The predicted molar refractivity (Wildman–Crippen MR) is 74.0 cm³/mol. The molecule has 2 nitrogen and oxygen atoms in total. The van der Waals surface area contributed by atoms with Gasteiger partial charge in [0, 0.05) is 11.8 Å². The topological polar surface area (TPSA) is 36.7 Å². The summed E-state index contributed by atoms with van der Waals surface area (Å²) in [5.74, 6) is -0.562. The first kappa shape index (κ1) is 14.1. The zero-order valence-electron chi connectivity index (χ0n) is 9.42. The van der Waals surface area contributed by atoms with Crippen LogP contribution in [0.15, 0.2) is 24.4 Å². The summed E-state index contributed by atoms with van der Waals surface area (Å²) >= 11 is 17.8. The van der Waals surface area contributed by atoms with E-state index >= 15 is 0 Å². The van der Waals surface area contributed by atoms with Crippen LogP contribution in [0.1, 0.15) is 5.56 Å². The van der Waals surface area contributed by atoms with Gasteiger partial charge >= 0.3 is 0 Å². The number of nitrogens with zero attached hydrogens (tertiary/aromatic N) is 2. The molecule has 2 rings (SSSR count). The maximum Gasteiger partial charge on any atom is 0.149 e. The third kappa shape index (κ3) is 2.82. The lowest BCUT2D eigenvalue weighted by molar-refractivity contribution is 0.624. The molecule has 0 fully saturated rings. The number of rotatable bonds is 2. The van der Waals surface area contributed by atoms with E-state index in [2.05, 4.69) is 4.98 Å². The summed E-state index contributed by atoms with van der Waals surface area (Å²) in [5.41, 5.74) is 0.933. The molecule has 0 unspecified atom stereocenters. The van der Waals surface area contributed by atoms with E-state index in [1.807, 2.05) is 6.07 Å². The summed E-state index contributed by atoms with van der Waals surface area (Å²) in [6.07, 6.45) is 1.53. The first-order valence-electron chi connectivity index (χ1n) is 5.20. The fraction of sp³-hybridized carbons (Fsp3) is 0.0769. The SMILES string of the molecule is N#CCc1cnc(-c2ccc(Cl)c(Cl)c2Cl)c(F)c1. The first-order valence-corrected chi connectivity index (χ1v) is 6.33. The molecule has 96 valence electrons. The minimum Gasteiger partial charge on any atom is -0.253 e. The highest BCUT2D eigenvalue weighted by atomic mass is 35.5. The number of hydrogen-bond acceptors (Lipinski definition) is 2. The molecule has 0 saturated heterocycles. The molecule has 19 heavy (non-hydrogen) atoms. The fourth-order valence-corrected chi connectivity index (χ4v) is 2.20. The van der Waals surface area contributed by atoms with Gasteiger partial charge in [-0.3, -0.25) is 4.98 Å². The van der Waals surface area contributed by atoms with E-state index < -0.39 is 5.82 Å². The zero-order chi connectivity index (χ0) is 14.0. The number of pyridine rings is 1. The maximum absolute atomic E-state index is 14.0. The van der Waals surface area contributed by atoms with Crippen molar-refractivity contribution in [3.8, 4) is 17.3 Å². The second-order valence-corrected chi connectivity index (χ2v) is 4.89. The summed E-state index contributed by atoms with van der Waals surface area (Å²) in [7, 11) is 0. The third-order valence-corrected chi connectivity index (χ3v) is 3.76. The van der Waals surface area contributed by atoms with E-state index in [0.717, 1.165) is 0 Å². The Balaban J connectivity index is 2.54. The van der Waals surface area contributed by atoms with E-state index in [9.17, 15) is 4.39 Å². The molecule has 0 aliphatic heterocycles. The van der Waals surface area contributed by atoms with Crippen molar-refractivity contribution in [1.82, 2.24) is 4.98 Å². The van der Waals surface area contributed by atoms with Crippen LogP contribution in [0, 0.1) is 17.1 Å². The Morgan fingerprint density at radius 2 is 1.95 bits per heavy atom. The van der Waals surface area contributed by atoms with Gasteiger partial charge in [0.15, 0.2) is 0 Å². The van der Waals surface area contributed by atoms with Gasteiger partial charge in [0.25, 0.3) is 0 Å². The monoisotopic (exact) mass is 314 g/mol. The normalized spacial score (nSPS) is 10.3. The van der Waals surface area contributed by atoms with Crippen molar-refractivity contribution >= 4 is 34.8 Å². The van der Waals surface area contributed by atoms with Crippen molar-refractivity contribution < 1.29 is 4.39 Å². The van der Waals surface area contributed by atoms with E-state index in [4.69, 9.17) is 40.1 Å². The van der Waals surface area contributed by atoms with Crippen LogP contribution < -0.4 is 0 Å². The van der Waals surface area contributed by atoms with Crippen molar-refractivity contribution in [2.75, 3.05) is 0 Å². The third-order valence-electron chi connectivity index (χ3n) is 2.47. The quantitative estimate of drug-likeness (QED) is 0.738. The Labute approximate surface area is 124 Å². The molecule has 1 aromatic carbocycles. The van der Waals surface area contributed by atoms with Crippen LogP contribution in [-0.4, -0.2) is 4.98 Å². The van der Waals surface area contributed by atoms with Gasteiger partial charge in [0.05, 0.1) is 27.6 Å². The number of benzene rings is 1. The van der Waals surface area contributed by atoms with Gasteiger partial charge in [-0.25, -0.2) is 4.39 Å². The number of aromatic nitrogens is 1. The lowest BCUT2D eigenvalue weighted by Crippen LogP contribution is -1.94. The van der Waals surface area contributed by atoms with E-state index in [1.165, 1.54) is 18.3 Å². The van der Waals surface area contributed by atoms with Gasteiger partial charge in [-0.1, -0.05) is 34.8 Å². The molecule has 0 radical (unpaired) electrons. The molecule has 0 aliphatic carbocycles. The molecular formula is C13H6Cl3FN2. The number of nitriles is 1. The molecule has 0 saturated carbocycles. The summed E-state index contributed by atoms with van der Waals surface area (Å²) in [5, 5.41) is 9.15. The molecule has 0 atom stereocenters. The molecule has 0 amide bonds. The van der Waals surface area contributed by atoms with Crippen LogP contribution in [0.4, 0.5) is 4.39 Å². The average molecular weight is 316 g/mol. The lowest BCUT2D eigenvalue weighted by atomic mass is 10.1. The van der Waals surface area contributed by atoms with Crippen LogP contribution in [0.2, 0.25) is 15.1 Å². The minimum absolute atomic E-state index is 0.0743. The van der Waals surface area contributed by atoms with E-state index in [-0.39, 0.29) is 27.2 Å². The second-order valence-electron chi connectivity index (χ2n) is 3.73. The van der Waals surface area contributed by atoms with Crippen LogP contribution in [-0.2, 0) is 6.42 Å². The van der Waals surface area contributed by atoms with Gasteiger partial charge in [-0.15, -0.1) is 0 Å². The van der Waals surface area contributed by atoms with E-state index in [1.54, 1.807) is 6.07 Å². The number of halogens is 4. The molecule has 0 N–H and O–H groups in total. The van der Waals surface area contributed by atoms with Crippen molar-refractivity contribution in [2.24, 2.45) is 0 Å². The molecule has 2 aromatic rings. The Bertz CT molecular complexity index is 680. The largest absolute Gasteiger partial charge is 0.253 e. The maximum atomic E-state index is 14.0. The molecule has 1 aromatic heterocycles. The molecule has 1 heterocycles. The van der Waals surface area contributed by atoms with Crippen LogP contribution in [0.3, 0.4) is 0 Å². The van der Waals surface area contributed by atoms with Gasteiger partial charge in [-0.2, -0.15) is 5.26 Å². The smallest absolute Gasteiger partial charge is 0.149 e. The minimum atomic E-state index is -0.562.